The maximum absolute atomic E-state index is 12.7. The Bertz CT molecular complexity index is 470. The van der Waals surface area contributed by atoms with Gasteiger partial charge in [-0.15, -0.1) is 0 Å². The average molecular weight is 276 g/mol. The molecule has 0 bridgehead atoms. The molecule has 1 aromatic rings. The summed E-state index contributed by atoms with van der Waals surface area (Å²) in [5, 5.41) is 12.5. The summed E-state index contributed by atoms with van der Waals surface area (Å²) in [7, 11) is 0. The summed E-state index contributed by atoms with van der Waals surface area (Å²) in [6.07, 6.45) is 1.82. The zero-order valence-electron chi connectivity index (χ0n) is 12.4. The van der Waals surface area contributed by atoms with E-state index in [1.165, 1.54) is 11.1 Å². The van der Waals surface area contributed by atoms with Gasteiger partial charge in [-0.25, -0.2) is 0 Å². The molecule has 2 N–H and O–H groups in total. The van der Waals surface area contributed by atoms with E-state index in [0.29, 0.717) is 6.54 Å². The second-order valence-electron chi connectivity index (χ2n) is 5.28. The number of hydrogen-bond acceptors (Lipinski definition) is 3. The number of amides is 1. The molecule has 0 aromatic heterocycles. The highest BCUT2D eigenvalue weighted by Gasteiger charge is 2.23. The van der Waals surface area contributed by atoms with Crippen LogP contribution in [0.1, 0.15) is 48.2 Å². The van der Waals surface area contributed by atoms with Crippen molar-refractivity contribution >= 4 is 5.91 Å². The molecule has 1 aliphatic heterocycles. The highest BCUT2D eigenvalue weighted by atomic mass is 16.3. The van der Waals surface area contributed by atoms with E-state index in [-0.39, 0.29) is 18.6 Å². The zero-order chi connectivity index (χ0) is 14.5. The first-order chi connectivity index (χ1) is 9.71. The topological polar surface area (TPSA) is 52.6 Å². The van der Waals surface area contributed by atoms with Crippen LogP contribution < -0.4 is 5.32 Å². The Hall–Kier alpha value is -1.39. The third kappa shape index (κ3) is 3.02. The molecule has 0 saturated carbocycles. The van der Waals surface area contributed by atoms with Gasteiger partial charge in [-0.05, 0) is 36.1 Å². The lowest BCUT2D eigenvalue weighted by molar-refractivity contribution is 0.0622. The van der Waals surface area contributed by atoms with Crippen LogP contribution in [-0.4, -0.2) is 35.1 Å². The van der Waals surface area contributed by atoms with Crippen molar-refractivity contribution in [3.05, 3.63) is 34.9 Å². The lowest BCUT2D eigenvalue weighted by Crippen LogP contribution is -2.41. The van der Waals surface area contributed by atoms with Gasteiger partial charge in [0.25, 0.3) is 5.91 Å². The molecule has 110 valence electrons. The third-order valence-corrected chi connectivity index (χ3v) is 4.07. The van der Waals surface area contributed by atoms with E-state index in [1.807, 2.05) is 23.1 Å². The molecule has 0 aliphatic carbocycles. The molecule has 0 saturated heterocycles. The van der Waals surface area contributed by atoms with Crippen LogP contribution in [0.3, 0.4) is 0 Å². The maximum Gasteiger partial charge on any atom is 0.254 e. The molecule has 1 heterocycles. The fraction of sp³-hybridized carbons (Fsp3) is 0.562. The Morgan fingerprint density at radius 1 is 1.30 bits per heavy atom. The van der Waals surface area contributed by atoms with E-state index >= 15 is 0 Å². The standard InChI is InChI=1S/C16H24N2O2/c1-3-15(4-2)18(7-8-19)16(20)12-5-6-13-10-17-11-14(13)9-12/h5-6,9,15,17,19H,3-4,7-8,10-11H2,1-2H3. The summed E-state index contributed by atoms with van der Waals surface area (Å²) >= 11 is 0. The van der Waals surface area contributed by atoms with Crippen LogP contribution in [0, 0.1) is 0 Å². The molecule has 0 fully saturated rings. The van der Waals surface area contributed by atoms with E-state index in [9.17, 15) is 9.90 Å². The number of carbonyl (C=O) groups is 1. The number of rotatable bonds is 6. The van der Waals surface area contributed by atoms with Crippen molar-refractivity contribution in [1.82, 2.24) is 10.2 Å². The monoisotopic (exact) mass is 276 g/mol. The molecule has 20 heavy (non-hydrogen) atoms. The van der Waals surface area contributed by atoms with Crippen LogP contribution in [0.25, 0.3) is 0 Å². The van der Waals surface area contributed by atoms with Crippen molar-refractivity contribution in [3.8, 4) is 0 Å². The number of carbonyl (C=O) groups excluding carboxylic acids is 1. The summed E-state index contributed by atoms with van der Waals surface area (Å²) in [5.41, 5.74) is 3.22. The van der Waals surface area contributed by atoms with Crippen LogP contribution in [0.15, 0.2) is 18.2 Å². The predicted molar refractivity (Wildman–Crippen MR) is 79.5 cm³/mol. The molecule has 1 amide bonds. The van der Waals surface area contributed by atoms with Crippen molar-refractivity contribution < 1.29 is 9.90 Å². The highest BCUT2D eigenvalue weighted by molar-refractivity contribution is 5.94. The van der Waals surface area contributed by atoms with Crippen LogP contribution in [0.5, 0.6) is 0 Å². The molecular formula is C16H24N2O2. The summed E-state index contributed by atoms with van der Waals surface area (Å²) < 4.78 is 0. The van der Waals surface area contributed by atoms with Gasteiger partial charge >= 0.3 is 0 Å². The quantitative estimate of drug-likeness (QED) is 0.834. The van der Waals surface area contributed by atoms with Gasteiger partial charge in [-0.3, -0.25) is 4.79 Å². The fourth-order valence-corrected chi connectivity index (χ4v) is 2.88. The van der Waals surface area contributed by atoms with Gasteiger partial charge in [0, 0.05) is 31.2 Å². The molecule has 1 aliphatic rings. The van der Waals surface area contributed by atoms with Crippen molar-refractivity contribution in [1.29, 1.82) is 0 Å². The highest BCUT2D eigenvalue weighted by Crippen LogP contribution is 2.20. The minimum atomic E-state index is 0.00867. The summed E-state index contributed by atoms with van der Waals surface area (Å²) in [6, 6.07) is 6.12. The van der Waals surface area contributed by atoms with Gasteiger partial charge in [0.2, 0.25) is 0 Å². The van der Waals surface area contributed by atoms with E-state index in [1.54, 1.807) is 0 Å². The molecule has 4 heteroatoms. The van der Waals surface area contributed by atoms with Gasteiger partial charge in [0.1, 0.15) is 0 Å². The Balaban J connectivity index is 2.22. The summed E-state index contributed by atoms with van der Waals surface area (Å²) in [5.74, 6) is 0.0300. The van der Waals surface area contributed by atoms with Crippen LogP contribution in [0.4, 0.5) is 0 Å². The SMILES string of the molecule is CCC(CC)N(CCO)C(=O)c1ccc2c(c1)CNC2. The van der Waals surface area contributed by atoms with E-state index in [4.69, 9.17) is 0 Å². The lowest BCUT2D eigenvalue weighted by Gasteiger charge is -2.30. The van der Waals surface area contributed by atoms with E-state index in [2.05, 4.69) is 19.2 Å². The molecule has 0 unspecified atom stereocenters. The van der Waals surface area contributed by atoms with Gasteiger partial charge in [-0.2, -0.15) is 0 Å². The molecule has 0 spiro atoms. The zero-order valence-corrected chi connectivity index (χ0v) is 12.4. The number of benzene rings is 1. The second kappa shape index (κ2) is 6.86. The number of nitrogens with zero attached hydrogens (tertiary/aromatic N) is 1. The van der Waals surface area contributed by atoms with Crippen molar-refractivity contribution in [2.75, 3.05) is 13.2 Å². The summed E-state index contributed by atoms with van der Waals surface area (Å²) in [4.78, 5) is 14.5. The molecule has 1 aromatic carbocycles. The van der Waals surface area contributed by atoms with Gasteiger partial charge in [-0.1, -0.05) is 19.9 Å². The number of aliphatic hydroxyl groups excluding tert-OH is 1. The minimum Gasteiger partial charge on any atom is -0.395 e. The third-order valence-electron chi connectivity index (χ3n) is 4.07. The molecule has 0 radical (unpaired) electrons. The predicted octanol–water partition coefficient (Wildman–Crippen LogP) is 1.91. The molecule has 0 atom stereocenters. The maximum atomic E-state index is 12.7. The Morgan fingerprint density at radius 3 is 2.65 bits per heavy atom. The number of fused-ring (bicyclic) bond motifs is 1. The van der Waals surface area contributed by atoms with E-state index in [0.717, 1.165) is 31.5 Å². The Morgan fingerprint density at radius 2 is 2.00 bits per heavy atom. The van der Waals surface area contributed by atoms with Crippen molar-refractivity contribution in [2.24, 2.45) is 0 Å². The normalized spacial score (nSPS) is 13.6. The molecular weight excluding hydrogens is 252 g/mol. The Kier molecular flexibility index (Phi) is 5.15. The van der Waals surface area contributed by atoms with Gasteiger partial charge in [0.15, 0.2) is 0 Å². The van der Waals surface area contributed by atoms with Crippen LogP contribution in [0.2, 0.25) is 0 Å². The minimum absolute atomic E-state index is 0.00867. The van der Waals surface area contributed by atoms with Crippen LogP contribution in [-0.2, 0) is 13.1 Å². The van der Waals surface area contributed by atoms with Crippen molar-refractivity contribution in [2.45, 2.75) is 45.8 Å². The first-order valence-corrected chi connectivity index (χ1v) is 7.45. The van der Waals surface area contributed by atoms with Gasteiger partial charge in [0.05, 0.1) is 6.61 Å². The van der Waals surface area contributed by atoms with Crippen molar-refractivity contribution in [3.63, 3.8) is 0 Å². The number of hydrogen-bond donors (Lipinski definition) is 2. The fourth-order valence-electron chi connectivity index (χ4n) is 2.88. The average Bonchev–Trinajstić information content (AvgIpc) is 2.94. The first-order valence-electron chi connectivity index (χ1n) is 7.45. The smallest absolute Gasteiger partial charge is 0.254 e. The number of nitrogens with one attached hydrogen (secondary N) is 1. The van der Waals surface area contributed by atoms with Crippen LogP contribution >= 0.6 is 0 Å². The Labute approximate surface area is 120 Å². The summed E-state index contributed by atoms with van der Waals surface area (Å²) in [6.45, 7) is 6.30. The molecule has 4 nitrogen and oxygen atoms in total. The molecule has 2 rings (SSSR count). The number of aliphatic hydroxyl groups is 1. The second-order valence-corrected chi connectivity index (χ2v) is 5.28. The largest absolute Gasteiger partial charge is 0.395 e. The lowest BCUT2D eigenvalue weighted by atomic mass is 10.0. The van der Waals surface area contributed by atoms with E-state index < -0.39 is 0 Å². The van der Waals surface area contributed by atoms with Gasteiger partial charge < -0.3 is 15.3 Å². The first kappa shape index (κ1) is 15.0.